The van der Waals surface area contributed by atoms with Gasteiger partial charge in [0.05, 0.1) is 32.7 Å². The molecular weight excluding hydrogens is 586 g/mol. The van der Waals surface area contributed by atoms with Gasteiger partial charge in [0.15, 0.2) is 0 Å². The highest BCUT2D eigenvalue weighted by molar-refractivity contribution is 6.36. The van der Waals surface area contributed by atoms with Gasteiger partial charge in [0.1, 0.15) is 11.4 Å². The van der Waals surface area contributed by atoms with Gasteiger partial charge in [-0.15, -0.1) is 0 Å². The van der Waals surface area contributed by atoms with Gasteiger partial charge in [-0.2, -0.15) is 13.2 Å². The number of piperidine rings is 2. The zero-order valence-electron chi connectivity index (χ0n) is 21.8. The van der Waals surface area contributed by atoms with E-state index in [0.717, 1.165) is 30.5 Å². The van der Waals surface area contributed by atoms with Gasteiger partial charge in [-0.05, 0) is 67.5 Å². The van der Waals surface area contributed by atoms with E-state index < -0.39 is 17.6 Å². The molecule has 3 heterocycles. The molecule has 1 aromatic heterocycles. The molecule has 1 aliphatic carbocycles. The first kappa shape index (κ1) is 27.9. The van der Waals surface area contributed by atoms with Crippen LogP contribution in [0.3, 0.4) is 0 Å². The molecule has 12 heteroatoms. The Kier molecular flexibility index (Phi) is 7.17. The van der Waals surface area contributed by atoms with Crippen molar-refractivity contribution in [3.63, 3.8) is 0 Å². The van der Waals surface area contributed by atoms with Gasteiger partial charge >= 0.3 is 6.18 Å². The normalized spacial score (nSPS) is 24.4. The molecule has 6 nitrogen and oxygen atoms in total. The molecular formula is C28H29Cl3F3N5O. The third kappa shape index (κ3) is 4.93. The number of amides is 1. The maximum atomic E-state index is 13.4. The van der Waals surface area contributed by atoms with Crippen molar-refractivity contribution >= 4 is 57.4 Å². The smallest absolute Gasteiger partial charge is 0.370 e. The lowest BCUT2D eigenvalue weighted by molar-refractivity contribution is -0.176. The molecule has 3 atom stereocenters. The summed E-state index contributed by atoms with van der Waals surface area (Å²) < 4.78 is 42.1. The second-order valence-corrected chi connectivity index (χ2v) is 12.3. The average Bonchev–Trinajstić information content (AvgIpc) is 3.34. The second-order valence-electron chi connectivity index (χ2n) is 11.2. The van der Waals surface area contributed by atoms with Gasteiger partial charge in [-0.3, -0.25) is 4.79 Å². The summed E-state index contributed by atoms with van der Waals surface area (Å²) in [7, 11) is 1.85. The van der Waals surface area contributed by atoms with Crippen LogP contribution in [0, 0.1) is 11.8 Å². The van der Waals surface area contributed by atoms with Crippen molar-refractivity contribution in [2.45, 2.75) is 50.4 Å². The number of hydrogen-bond acceptors (Lipinski definition) is 4. The summed E-state index contributed by atoms with van der Waals surface area (Å²) in [6, 6.07) is 7.08. The first-order valence-corrected chi connectivity index (χ1v) is 14.6. The third-order valence-electron chi connectivity index (χ3n) is 8.75. The van der Waals surface area contributed by atoms with Crippen molar-refractivity contribution in [3.8, 4) is 0 Å². The van der Waals surface area contributed by atoms with Gasteiger partial charge < -0.3 is 20.1 Å². The number of halogens is 6. The van der Waals surface area contributed by atoms with Crippen LogP contribution in [-0.2, 0) is 24.8 Å². The molecule has 3 aliphatic rings. The Morgan fingerprint density at radius 2 is 2.00 bits per heavy atom. The lowest BCUT2D eigenvalue weighted by atomic mass is 9.97. The van der Waals surface area contributed by atoms with E-state index in [4.69, 9.17) is 39.8 Å². The number of anilines is 1. The van der Waals surface area contributed by atoms with Crippen molar-refractivity contribution in [3.05, 3.63) is 56.3 Å². The maximum absolute atomic E-state index is 13.4. The lowest BCUT2D eigenvalue weighted by Crippen LogP contribution is -2.44. The van der Waals surface area contributed by atoms with E-state index in [2.05, 4.69) is 10.6 Å². The topological polar surface area (TPSA) is 62.2 Å². The number of nitrogens with one attached hydrogen (secondary N) is 2. The standard InChI is InChI=1S/C28H29Cl3F3N5O/c1-38-23-11-22(39-8-2-3-17(14-39)28(32,33)34)20(30)10-21(23)37-24(38)9-18-19(29)5-4-15(25(18)31)13-35-26(40)27-12-16(27)6-7-36-27/h4-5,10-11,16-17,36H,2-3,6-9,12-14H2,1H3,(H,35,40). The number of carbonyl (C=O) groups is 1. The molecule has 6 rings (SSSR count). The van der Waals surface area contributed by atoms with Crippen molar-refractivity contribution in [1.29, 1.82) is 0 Å². The third-order valence-corrected chi connectivity index (χ3v) is 9.88. The fourth-order valence-corrected chi connectivity index (χ4v) is 7.12. The Morgan fingerprint density at radius 3 is 2.70 bits per heavy atom. The van der Waals surface area contributed by atoms with Crippen molar-refractivity contribution in [2.75, 3.05) is 24.5 Å². The van der Waals surface area contributed by atoms with Crippen LogP contribution in [0.15, 0.2) is 24.3 Å². The Balaban J connectivity index is 1.23. The number of aromatic nitrogens is 2. The predicted octanol–water partition coefficient (Wildman–Crippen LogP) is 6.27. The summed E-state index contributed by atoms with van der Waals surface area (Å²) in [6.07, 6.45) is -1.45. The quantitative estimate of drug-likeness (QED) is 0.344. The summed E-state index contributed by atoms with van der Waals surface area (Å²) in [5.41, 5.74) is 2.98. The Hall–Kier alpha value is -2.20. The van der Waals surface area contributed by atoms with Crippen LogP contribution in [-0.4, -0.2) is 46.8 Å². The summed E-state index contributed by atoms with van der Waals surface area (Å²) in [6.45, 7) is 1.54. The molecule has 0 spiro atoms. The van der Waals surface area contributed by atoms with Crippen LogP contribution in [0.25, 0.3) is 11.0 Å². The molecule has 2 aromatic carbocycles. The number of fused-ring (bicyclic) bond motifs is 2. The number of alkyl halides is 3. The van der Waals surface area contributed by atoms with Gasteiger partial charge in [0.2, 0.25) is 5.91 Å². The molecule has 1 saturated carbocycles. The highest BCUT2D eigenvalue weighted by atomic mass is 35.5. The molecule has 214 valence electrons. The summed E-state index contributed by atoms with van der Waals surface area (Å²) in [5.74, 6) is -0.289. The van der Waals surface area contributed by atoms with Crippen LogP contribution in [0.5, 0.6) is 0 Å². The predicted molar refractivity (Wildman–Crippen MR) is 151 cm³/mol. The number of rotatable bonds is 6. The highest BCUT2D eigenvalue weighted by Gasteiger charge is 2.62. The summed E-state index contributed by atoms with van der Waals surface area (Å²) in [4.78, 5) is 19.3. The van der Waals surface area contributed by atoms with Gasteiger partial charge in [0, 0.05) is 38.1 Å². The fourth-order valence-electron chi connectivity index (χ4n) is 6.27. The minimum absolute atomic E-state index is 0.000797. The van der Waals surface area contributed by atoms with Crippen LogP contribution >= 0.6 is 34.8 Å². The number of aryl methyl sites for hydroxylation is 1. The van der Waals surface area contributed by atoms with E-state index in [9.17, 15) is 18.0 Å². The number of benzene rings is 2. The maximum Gasteiger partial charge on any atom is 0.393 e. The minimum Gasteiger partial charge on any atom is -0.370 e. The van der Waals surface area contributed by atoms with Crippen LogP contribution in [0.1, 0.15) is 42.6 Å². The number of hydrogen-bond donors (Lipinski definition) is 2. The molecule has 1 amide bonds. The zero-order chi connectivity index (χ0) is 28.4. The largest absolute Gasteiger partial charge is 0.393 e. The van der Waals surface area contributed by atoms with Gasteiger partial charge in [0.25, 0.3) is 0 Å². The van der Waals surface area contributed by atoms with E-state index in [1.165, 1.54) is 0 Å². The second kappa shape index (κ2) is 10.3. The zero-order valence-corrected chi connectivity index (χ0v) is 24.1. The van der Waals surface area contributed by atoms with Crippen molar-refractivity contribution in [2.24, 2.45) is 18.9 Å². The highest BCUT2D eigenvalue weighted by Crippen LogP contribution is 2.49. The first-order chi connectivity index (χ1) is 19.0. The van der Waals surface area contributed by atoms with E-state index in [1.807, 2.05) is 23.7 Å². The van der Waals surface area contributed by atoms with Gasteiger partial charge in [-0.1, -0.05) is 40.9 Å². The van der Waals surface area contributed by atoms with E-state index >= 15 is 0 Å². The molecule has 3 unspecified atom stereocenters. The number of carbonyl (C=O) groups excluding carboxylic acids is 1. The van der Waals surface area contributed by atoms with E-state index in [1.54, 1.807) is 17.0 Å². The Bertz CT molecular complexity index is 1490. The first-order valence-electron chi connectivity index (χ1n) is 13.4. The molecule has 40 heavy (non-hydrogen) atoms. The monoisotopic (exact) mass is 613 g/mol. The minimum atomic E-state index is -4.24. The number of imidazole rings is 1. The van der Waals surface area contributed by atoms with Crippen LogP contribution < -0.4 is 15.5 Å². The average molecular weight is 615 g/mol. The van der Waals surface area contributed by atoms with Crippen LogP contribution in [0.2, 0.25) is 15.1 Å². The van der Waals surface area contributed by atoms with Crippen LogP contribution in [0.4, 0.5) is 18.9 Å². The van der Waals surface area contributed by atoms with Crippen molar-refractivity contribution in [1.82, 2.24) is 20.2 Å². The lowest BCUT2D eigenvalue weighted by Gasteiger charge is -2.35. The molecule has 2 aliphatic heterocycles. The SMILES string of the molecule is Cn1c(Cc2c(Cl)ccc(CNC(=O)C34CC3CCN4)c2Cl)nc2cc(Cl)c(N3CCCC(C(F)(F)F)C3)cc21. The molecule has 3 fully saturated rings. The fraction of sp³-hybridized carbons (Fsp3) is 0.500. The number of nitrogens with zero attached hydrogens (tertiary/aromatic N) is 3. The van der Waals surface area contributed by atoms with E-state index in [0.29, 0.717) is 63.0 Å². The molecule has 0 bridgehead atoms. The molecule has 2 N–H and O–H groups in total. The summed E-state index contributed by atoms with van der Waals surface area (Å²) in [5, 5.41) is 7.66. The van der Waals surface area contributed by atoms with Crippen molar-refractivity contribution < 1.29 is 18.0 Å². The van der Waals surface area contributed by atoms with Gasteiger partial charge in [-0.25, -0.2) is 4.98 Å². The molecule has 2 saturated heterocycles. The Morgan fingerprint density at radius 1 is 1.20 bits per heavy atom. The van der Waals surface area contributed by atoms with E-state index in [-0.39, 0.29) is 25.4 Å². The molecule has 0 radical (unpaired) electrons. The molecule has 3 aromatic rings. The summed E-state index contributed by atoms with van der Waals surface area (Å²) >= 11 is 19.9. The Labute approximate surface area is 245 Å².